The van der Waals surface area contributed by atoms with Gasteiger partial charge in [0.1, 0.15) is 0 Å². The minimum absolute atomic E-state index is 0.300. The molecule has 2 N–H and O–H groups in total. The zero-order valence-corrected chi connectivity index (χ0v) is 9.65. The Labute approximate surface area is 90.3 Å². The molecule has 1 aromatic rings. The number of nitrogens with two attached hydrogens (primary N) is 1. The molecule has 0 saturated heterocycles. The molecule has 1 heterocycles. The molecule has 2 heteroatoms. The Hall–Kier alpha value is -0.340. The van der Waals surface area contributed by atoms with Crippen LogP contribution in [0.3, 0.4) is 0 Å². The number of thiophene rings is 1. The fourth-order valence-corrected chi connectivity index (χ4v) is 3.33. The van der Waals surface area contributed by atoms with E-state index in [1.165, 1.54) is 41.9 Å². The molecule has 78 valence electrons. The van der Waals surface area contributed by atoms with Crippen molar-refractivity contribution in [2.45, 2.75) is 45.1 Å². The van der Waals surface area contributed by atoms with E-state index >= 15 is 0 Å². The largest absolute Gasteiger partial charge is 0.323 e. The van der Waals surface area contributed by atoms with Gasteiger partial charge in [-0.3, -0.25) is 0 Å². The summed E-state index contributed by atoms with van der Waals surface area (Å²) in [5, 5.41) is 0. The van der Waals surface area contributed by atoms with Gasteiger partial charge in [0.15, 0.2) is 0 Å². The zero-order valence-electron chi connectivity index (χ0n) is 8.83. The highest BCUT2D eigenvalue weighted by atomic mass is 32.1. The van der Waals surface area contributed by atoms with Gasteiger partial charge in [0.05, 0.1) is 0 Å². The van der Waals surface area contributed by atoms with Gasteiger partial charge in [-0.15, -0.1) is 11.3 Å². The maximum absolute atomic E-state index is 6.29. The third-order valence-corrected chi connectivity index (χ3v) is 4.35. The molecule has 2 rings (SSSR count). The molecule has 1 aliphatic carbocycles. The first-order chi connectivity index (χ1) is 6.77. The molecule has 1 saturated carbocycles. The third-order valence-electron chi connectivity index (χ3n) is 3.25. The average molecular weight is 209 g/mol. The van der Waals surface area contributed by atoms with Crippen LogP contribution in [0.2, 0.25) is 0 Å². The lowest BCUT2D eigenvalue weighted by Gasteiger charge is -2.26. The van der Waals surface area contributed by atoms with Crippen LogP contribution in [0.5, 0.6) is 0 Å². The zero-order chi connectivity index (χ0) is 9.97. The molecule has 1 nitrogen and oxygen atoms in total. The molecule has 0 bridgehead atoms. The van der Waals surface area contributed by atoms with Crippen molar-refractivity contribution in [3.63, 3.8) is 0 Å². The number of aryl methyl sites for hydroxylation is 1. The Morgan fingerprint density at radius 3 is 2.57 bits per heavy atom. The van der Waals surface area contributed by atoms with E-state index in [1.54, 1.807) is 0 Å². The van der Waals surface area contributed by atoms with Gasteiger partial charge in [-0.05, 0) is 37.8 Å². The second-order valence-electron chi connectivity index (χ2n) is 4.37. The number of rotatable bonds is 2. The van der Waals surface area contributed by atoms with Crippen LogP contribution in [-0.2, 0) is 0 Å². The maximum Gasteiger partial charge on any atom is 0.0418 e. The van der Waals surface area contributed by atoms with Crippen LogP contribution in [0.25, 0.3) is 0 Å². The van der Waals surface area contributed by atoms with Crippen LogP contribution in [0.15, 0.2) is 12.1 Å². The van der Waals surface area contributed by atoms with Crippen molar-refractivity contribution in [3.8, 4) is 0 Å². The monoisotopic (exact) mass is 209 g/mol. The van der Waals surface area contributed by atoms with E-state index in [4.69, 9.17) is 5.73 Å². The Morgan fingerprint density at radius 2 is 2.00 bits per heavy atom. The van der Waals surface area contributed by atoms with Gasteiger partial charge in [0.2, 0.25) is 0 Å². The summed E-state index contributed by atoms with van der Waals surface area (Å²) in [5.74, 6) is 0.738. The van der Waals surface area contributed by atoms with Crippen molar-refractivity contribution in [2.24, 2.45) is 11.7 Å². The molecular weight excluding hydrogens is 190 g/mol. The van der Waals surface area contributed by atoms with Crippen LogP contribution in [0.4, 0.5) is 0 Å². The predicted octanol–water partition coefficient (Wildman–Crippen LogP) is 3.64. The van der Waals surface area contributed by atoms with Crippen molar-refractivity contribution in [2.75, 3.05) is 0 Å². The van der Waals surface area contributed by atoms with Crippen molar-refractivity contribution >= 4 is 11.3 Å². The highest BCUT2D eigenvalue weighted by Crippen LogP contribution is 2.35. The molecule has 0 aliphatic heterocycles. The normalized spacial score (nSPS) is 21.0. The van der Waals surface area contributed by atoms with Gasteiger partial charge in [-0.25, -0.2) is 0 Å². The summed E-state index contributed by atoms with van der Waals surface area (Å²) in [5.41, 5.74) is 6.29. The van der Waals surface area contributed by atoms with E-state index in [9.17, 15) is 0 Å². The number of hydrogen-bond donors (Lipinski definition) is 1. The van der Waals surface area contributed by atoms with Crippen LogP contribution in [0, 0.1) is 12.8 Å². The molecule has 0 radical (unpaired) electrons. The third kappa shape index (κ3) is 2.18. The summed E-state index contributed by atoms with van der Waals surface area (Å²) in [4.78, 5) is 2.76. The van der Waals surface area contributed by atoms with Crippen LogP contribution in [0.1, 0.15) is 47.9 Å². The fraction of sp³-hybridized carbons (Fsp3) is 0.667. The molecule has 1 fully saturated rings. The number of hydrogen-bond acceptors (Lipinski definition) is 2. The summed E-state index contributed by atoms with van der Waals surface area (Å²) in [7, 11) is 0. The highest BCUT2D eigenvalue weighted by Gasteiger charge is 2.22. The predicted molar refractivity (Wildman–Crippen MR) is 62.6 cm³/mol. The summed E-state index contributed by atoms with van der Waals surface area (Å²) >= 11 is 1.86. The second kappa shape index (κ2) is 4.45. The Bertz CT molecular complexity index is 286. The van der Waals surface area contributed by atoms with Crippen LogP contribution in [-0.4, -0.2) is 0 Å². The molecule has 0 spiro atoms. The fourth-order valence-electron chi connectivity index (χ4n) is 2.36. The quantitative estimate of drug-likeness (QED) is 0.790. The first kappa shape index (κ1) is 10.2. The van der Waals surface area contributed by atoms with E-state index in [-0.39, 0.29) is 0 Å². The molecule has 0 unspecified atom stereocenters. The molecule has 0 amide bonds. The van der Waals surface area contributed by atoms with Gasteiger partial charge < -0.3 is 5.73 Å². The standard InChI is InChI=1S/C12H19NS/c1-9-7-8-11(14-9)12(13)10-5-3-2-4-6-10/h7-8,10,12H,2-6,13H2,1H3/t12-/m1/s1. The van der Waals surface area contributed by atoms with E-state index in [0.717, 1.165) is 5.92 Å². The molecule has 1 aromatic heterocycles. The van der Waals surface area contributed by atoms with Crippen molar-refractivity contribution in [1.82, 2.24) is 0 Å². The lowest BCUT2D eigenvalue weighted by molar-refractivity contribution is 0.311. The minimum atomic E-state index is 0.300. The van der Waals surface area contributed by atoms with Gasteiger partial charge >= 0.3 is 0 Å². The van der Waals surface area contributed by atoms with Crippen molar-refractivity contribution in [3.05, 3.63) is 21.9 Å². The Kier molecular flexibility index (Phi) is 3.24. The Morgan fingerprint density at radius 1 is 1.29 bits per heavy atom. The van der Waals surface area contributed by atoms with E-state index < -0.39 is 0 Å². The van der Waals surface area contributed by atoms with Gasteiger partial charge in [-0.2, -0.15) is 0 Å². The summed E-state index contributed by atoms with van der Waals surface area (Å²) in [6.07, 6.45) is 6.83. The molecular formula is C12H19NS. The molecule has 14 heavy (non-hydrogen) atoms. The smallest absolute Gasteiger partial charge is 0.0418 e. The van der Waals surface area contributed by atoms with Gasteiger partial charge in [0, 0.05) is 15.8 Å². The molecule has 1 aliphatic rings. The summed E-state index contributed by atoms with van der Waals surface area (Å²) < 4.78 is 0. The van der Waals surface area contributed by atoms with Gasteiger partial charge in [-0.1, -0.05) is 19.3 Å². The SMILES string of the molecule is Cc1ccc([C@H](N)C2CCCCC2)s1. The van der Waals surface area contributed by atoms with E-state index in [1.807, 2.05) is 11.3 Å². The second-order valence-corrected chi connectivity index (χ2v) is 5.69. The molecule has 1 atom stereocenters. The van der Waals surface area contributed by atoms with E-state index in [2.05, 4.69) is 19.1 Å². The van der Waals surface area contributed by atoms with Crippen molar-refractivity contribution in [1.29, 1.82) is 0 Å². The van der Waals surface area contributed by atoms with Crippen molar-refractivity contribution < 1.29 is 0 Å². The highest BCUT2D eigenvalue weighted by molar-refractivity contribution is 7.12. The van der Waals surface area contributed by atoms with E-state index in [0.29, 0.717) is 6.04 Å². The lowest BCUT2D eigenvalue weighted by atomic mass is 9.84. The van der Waals surface area contributed by atoms with Crippen LogP contribution >= 0.6 is 11.3 Å². The first-order valence-corrected chi connectivity index (χ1v) is 6.41. The summed E-state index contributed by atoms with van der Waals surface area (Å²) in [6, 6.07) is 4.69. The first-order valence-electron chi connectivity index (χ1n) is 5.59. The Balaban J connectivity index is 2.03. The maximum atomic E-state index is 6.29. The lowest BCUT2D eigenvalue weighted by Crippen LogP contribution is -2.22. The van der Waals surface area contributed by atoms with Crippen LogP contribution < -0.4 is 5.73 Å². The van der Waals surface area contributed by atoms with Gasteiger partial charge in [0.25, 0.3) is 0 Å². The summed E-state index contributed by atoms with van der Waals surface area (Å²) in [6.45, 7) is 2.15. The minimum Gasteiger partial charge on any atom is -0.323 e. The average Bonchev–Trinajstić information content (AvgIpc) is 2.65. The molecule has 0 aromatic carbocycles. The topological polar surface area (TPSA) is 26.0 Å².